The number of carbonyl (C=O) groups excluding carboxylic acids is 1. The summed E-state index contributed by atoms with van der Waals surface area (Å²) in [7, 11) is 0. The molecular formula is C25H27N5O2S2. The Bertz CT molecular complexity index is 1250. The van der Waals surface area contributed by atoms with Crippen LogP contribution in [0.15, 0.2) is 52.2 Å². The van der Waals surface area contributed by atoms with Crippen molar-refractivity contribution in [2.75, 3.05) is 10.7 Å². The Hall–Kier alpha value is -2.91. The van der Waals surface area contributed by atoms with Crippen LogP contribution in [-0.2, 0) is 30.7 Å². The number of fused-ring (bicyclic) bond motifs is 1. The highest BCUT2D eigenvalue weighted by molar-refractivity contribution is 7.99. The second kappa shape index (κ2) is 10.1. The molecule has 0 saturated carbocycles. The number of carbonyl (C=O) groups is 1. The van der Waals surface area contributed by atoms with Crippen LogP contribution < -0.4 is 4.90 Å². The van der Waals surface area contributed by atoms with Crippen LogP contribution in [0.3, 0.4) is 0 Å². The average molecular weight is 494 g/mol. The fourth-order valence-electron chi connectivity index (χ4n) is 4.18. The molecule has 0 saturated heterocycles. The lowest BCUT2D eigenvalue weighted by Gasteiger charge is -2.20. The van der Waals surface area contributed by atoms with Crippen molar-refractivity contribution in [1.29, 1.82) is 0 Å². The molecule has 1 aromatic carbocycles. The minimum atomic E-state index is 0.0200. The molecule has 0 fully saturated rings. The minimum absolute atomic E-state index is 0.0200. The molecule has 5 rings (SSSR count). The molecule has 0 atom stereocenters. The molecule has 0 N–H and O–H groups in total. The molecule has 0 unspecified atom stereocenters. The quantitative estimate of drug-likeness (QED) is 0.301. The smallest absolute Gasteiger partial charge is 0.239 e. The van der Waals surface area contributed by atoms with Crippen molar-refractivity contribution in [1.82, 2.24) is 19.7 Å². The first-order valence-electron chi connectivity index (χ1n) is 11.6. The van der Waals surface area contributed by atoms with Crippen LogP contribution in [0.1, 0.15) is 41.7 Å². The lowest BCUT2D eigenvalue weighted by molar-refractivity contribution is -0.116. The summed E-state index contributed by atoms with van der Waals surface area (Å²) in [6, 6.07) is 12.0. The Kier molecular flexibility index (Phi) is 6.82. The van der Waals surface area contributed by atoms with Gasteiger partial charge in [-0.1, -0.05) is 42.1 Å². The van der Waals surface area contributed by atoms with Gasteiger partial charge in [0.25, 0.3) is 0 Å². The van der Waals surface area contributed by atoms with Crippen LogP contribution in [0, 0.1) is 6.92 Å². The second-order valence-electron chi connectivity index (χ2n) is 8.27. The highest BCUT2D eigenvalue weighted by atomic mass is 32.2. The molecular weight excluding hydrogens is 466 g/mol. The Morgan fingerprint density at radius 2 is 2.00 bits per heavy atom. The molecule has 7 nitrogen and oxygen atoms in total. The molecule has 0 spiro atoms. The van der Waals surface area contributed by atoms with E-state index in [9.17, 15) is 4.79 Å². The van der Waals surface area contributed by atoms with E-state index in [2.05, 4.69) is 17.1 Å². The van der Waals surface area contributed by atoms with Crippen LogP contribution in [0.2, 0.25) is 0 Å². The van der Waals surface area contributed by atoms with Crippen LogP contribution >= 0.6 is 23.1 Å². The zero-order valence-electron chi connectivity index (χ0n) is 19.4. The van der Waals surface area contributed by atoms with Gasteiger partial charge in [-0.15, -0.1) is 21.5 Å². The summed E-state index contributed by atoms with van der Waals surface area (Å²) in [5.41, 5.74) is 3.17. The predicted molar refractivity (Wildman–Crippen MR) is 135 cm³/mol. The van der Waals surface area contributed by atoms with E-state index in [0.717, 1.165) is 51.5 Å². The molecule has 3 aromatic heterocycles. The number of thiazole rings is 1. The number of amides is 1. The molecule has 9 heteroatoms. The van der Waals surface area contributed by atoms with Gasteiger partial charge in [-0.3, -0.25) is 9.69 Å². The summed E-state index contributed by atoms with van der Waals surface area (Å²) in [5, 5.41) is 10.3. The Morgan fingerprint density at radius 1 is 1.18 bits per heavy atom. The second-order valence-corrected chi connectivity index (χ2v) is 10.3. The number of rotatable bonds is 8. The third kappa shape index (κ3) is 4.67. The van der Waals surface area contributed by atoms with Gasteiger partial charge in [-0.05, 0) is 51.2 Å². The Morgan fingerprint density at radius 3 is 2.74 bits per heavy atom. The maximum absolute atomic E-state index is 13.5. The number of thioether (sulfide) groups is 1. The maximum atomic E-state index is 13.5. The van der Waals surface area contributed by atoms with E-state index in [4.69, 9.17) is 9.40 Å². The number of aryl methyl sites for hydroxylation is 3. The van der Waals surface area contributed by atoms with Crippen molar-refractivity contribution in [3.8, 4) is 11.4 Å². The Balaban J connectivity index is 1.37. The van der Waals surface area contributed by atoms with Gasteiger partial charge in [0.05, 0.1) is 29.8 Å². The summed E-state index contributed by atoms with van der Waals surface area (Å²) in [6.45, 7) is 5.17. The normalized spacial score (nSPS) is 13.1. The SMILES string of the molecule is CCn1c(SCC(=O)N(Cc2ccccc2)c2nc3c(s2)CCCC3)nnc1-c1ccoc1C. The predicted octanol–water partition coefficient (Wildman–Crippen LogP) is 5.53. The molecule has 176 valence electrons. The number of anilines is 1. The van der Waals surface area contributed by atoms with E-state index in [-0.39, 0.29) is 11.7 Å². The fourth-order valence-corrected chi connectivity index (χ4v) is 6.23. The van der Waals surface area contributed by atoms with Gasteiger partial charge < -0.3 is 8.98 Å². The molecule has 0 bridgehead atoms. The molecule has 1 amide bonds. The van der Waals surface area contributed by atoms with Crippen molar-refractivity contribution in [3.05, 3.63) is 64.6 Å². The standard InChI is InChI=1S/C25H27N5O2S2/c1-3-29-23(19-13-14-32-17(19)2)27-28-25(29)33-16-22(31)30(15-18-9-5-4-6-10-18)24-26-20-11-7-8-12-21(20)34-24/h4-6,9-10,13-14H,3,7-8,11-12,15-16H2,1-2H3. The van der Waals surface area contributed by atoms with E-state index < -0.39 is 0 Å². The van der Waals surface area contributed by atoms with Crippen molar-refractivity contribution < 1.29 is 9.21 Å². The summed E-state index contributed by atoms with van der Waals surface area (Å²) in [4.78, 5) is 21.6. The lowest BCUT2D eigenvalue weighted by atomic mass is 10.0. The van der Waals surface area contributed by atoms with E-state index in [0.29, 0.717) is 13.1 Å². The zero-order valence-corrected chi connectivity index (χ0v) is 21.0. The van der Waals surface area contributed by atoms with E-state index >= 15 is 0 Å². The van der Waals surface area contributed by atoms with Crippen molar-refractivity contribution in [2.24, 2.45) is 0 Å². The van der Waals surface area contributed by atoms with Crippen molar-refractivity contribution in [3.63, 3.8) is 0 Å². The number of furan rings is 1. The van der Waals surface area contributed by atoms with E-state index in [1.807, 2.05) is 52.8 Å². The van der Waals surface area contributed by atoms with Crippen LogP contribution in [0.25, 0.3) is 11.4 Å². The molecule has 0 aliphatic heterocycles. The van der Waals surface area contributed by atoms with Crippen LogP contribution in [0.5, 0.6) is 0 Å². The first kappa shape index (κ1) is 22.9. The van der Waals surface area contributed by atoms with Gasteiger partial charge in [0, 0.05) is 11.4 Å². The Labute approximate surface area is 207 Å². The molecule has 0 radical (unpaired) electrons. The third-order valence-electron chi connectivity index (χ3n) is 6.01. The number of hydrogen-bond donors (Lipinski definition) is 0. The summed E-state index contributed by atoms with van der Waals surface area (Å²) in [5.74, 6) is 1.85. The number of nitrogens with zero attached hydrogens (tertiary/aromatic N) is 5. The fraction of sp³-hybridized carbons (Fsp3) is 0.360. The van der Waals surface area contributed by atoms with E-state index in [1.54, 1.807) is 17.6 Å². The molecule has 4 aromatic rings. The van der Waals surface area contributed by atoms with Crippen molar-refractivity contribution >= 4 is 34.1 Å². The lowest BCUT2D eigenvalue weighted by Crippen LogP contribution is -2.32. The molecule has 1 aliphatic carbocycles. The number of aromatic nitrogens is 4. The third-order valence-corrected chi connectivity index (χ3v) is 8.14. The summed E-state index contributed by atoms with van der Waals surface area (Å²) >= 11 is 3.08. The van der Waals surface area contributed by atoms with Crippen LogP contribution in [-0.4, -0.2) is 31.4 Å². The average Bonchev–Trinajstić information content (AvgIpc) is 3.58. The van der Waals surface area contributed by atoms with Gasteiger partial charge in [-0.2, -0.15) is 0 Å². The highest BCUT2D eigenvalue weighted by Crippen LogP contribution is 2.33. The van der Waals surface area contributed by atoms with Gasteiger partial charge in [0.1, 0.15) is 5.76 Å². The maximum Gasteiger partial charge on any atom is 0.239 e. The van der Waals surface area contributed by atoms with Crippen molar-refractivity contribution in [2.45, 2.75) is 57.8 Å². The van der Waals surface area contributed by atoms with Gasteiger partial charge in [0.2, 0.25) is 5.91 Å². The van der Waals surface area contributed by atoms with Gasteiger partial charge in [0.15, 0.2) is 16.1 Å². The first-order valence-corrected chi connectivity index (χ1v) is 13.4. The minimum Gasteiger partial charge on any atom is -0.469 e. The number of hydrogen-bond acceptors (Lipinski definition) is 7. The summed E-state index contributed by atoms with van der Waals surface area (Å²) in [6.07, 6.45) is 6.09. The number of benzene rings is 1. The molecule has 34 heavy (non-hydrogen) atoms. The van der Waals surface area contributed by atoms with Crippen LogP contribution in [0.4, 0.5) is 5.13 Å². The van der Waals surface area contributed by atoms with Gasteiger partial charge in [-0.25, -0.2) is 4.98 Å². The highest BCUT2D eigenvalue weighted by Gasteiger charge is 2.25. The summed E-state index contributed by atoms with van der Waals surface area (Å²) < 4.78 is 7.47. The van der Waals surface area contributed by atoms with Gasteiger partial charge >= 0.3 is 0 Å². The molecule has 3 heterocycles. The van der Waals surface area contributed by atoms with E-state index in [1.165, 1.54) is 29.5 Å². The monoisotopic (exact) mass is 493 g/mol. The first-order chi connectivity index (χ1) is 16.6. The molecule has 1 aliphatic rings. The largest absolute Gasteiger partial charge is 0.469 e. The zero-order chi connectivity index (χ0) is 23.5. The topological polar surface area (TPSA) is 77.1 Å².